The molecular weight excluding hydrogens is 1130 g/mol. The summed E-state index contributed by atoms with van der Waals surface area (Å²) in [7, 11) is 2.00. The first-order chi connectivity index (χ1) is 42.4. The summed E-state index contributed by atoms with van der Waals surface area (Å²) >= 11 is 1.60. The number of aliphatic hydroxyl groups excluding tert-OH is 2. The van der Waals surface area contributed by atoms with Gasteiger partial charge in [-0.1, -0.05) is 89.1 Å². The molecule has 2 bridgehead atoms. The molecule has 1 saturated carbocycles. The lowest BCUT2D eigenvalue weighted by molar-refractivity contribution is -0.139. The van der Waals surface area contributed by atoms with Gasteiger partial charge in [-0.3, -0.25) is 14.7 Å². The third-order valence-corrected chi connectivity index (χ3v) is 17.2. The van der Waals surface area contributed by atoms with Crippen molar-refractivity contribution in [2.75, 3.05) is 58.6 Å². The number of benzene rings is 4. The first kappa shape index (κ1) is 64.0. The SMILES string of the molecule is CCC.CCC.CO.CO.Cc1ncsc1-c1ccc(CNC(=O)C2CCCN2C(=O)CN(N)/C=C(\N)c2ccc(COc3c(-c4c(C)c(F)cc5[nH]ncc45)c(C4CC4)c4c5c(nc(OC6CCOCC6)nc35)N3C5CNC(C5)C3CO4)cc2)cc1. The maximum Gasteiger partial charge on any atom is 0.319 e. The molecule has 4 saturated heterocycles. The van der Waals surface area contributed by atoms with E-state index in [1.807, 2.05) is 61.0 Å². The summed E-state index contributed by atoms with van der Waals surface area (Å²) in [6, 6.07) is 17.3. The van der Waals surface area contributed by atoms with Crippen molar-refractivity contribution < 1.29 is 43.1 Å². The lowest BCUT2D eigenvalue weighted by Gasteiger charge is -2.35. The van der Waals surface area contributed by atoms with Crippen LogP contribution in [0.5, 0.6) is 17.5 Å². The molecule has 1 aliphatic carbocycles. The largest absolute Gasteiger partial charge is 0.490 e. The number of likely N-dealkylation sites (tertiary alicyclic amines) is 1. The summed E-state index contributed by atoms with van der Waals surface area (Å²) in [4.78, 5) is 47.1. The predicted molar refractivity (Wildman–Crippen MR) is 339 cm³/mol. The van der Waals surface area contributed by atoms with Gasteiger partial charge in [0.15, 0.2) is 5.75 Å². The van der Waals surface area contributed by atoms with Crippen LogP contribution < -0.4 is 41.3 Å². The fourth-order valence-electron chi connectivity index (χ4n) is 12.2. The van der Waals surface area contributed by atoms with Gasteiger partial charge in [-0.15, -0.1) is 11.3 Å². The van der Waals surface area contributed by atoms with Gasteiger partial charge in [0, 0.05) is 87.1 Å². The monoisotopic (exact) mass is 1210 g/mol. The fraction of sp³-hybridized carbons (Fsp3) is 0.477. The Hall–Kier alpha value is -7.47. The van der Waals surface area contributed by atoms with E-state index >= 15 is 4.39 Å². The number of nitrogens with one attached hydrogen (secondary N) is 3. The summed E-state index contributed by atoms with van der Waals surface area (Å²) in [6.45, 7) is 15.5. The number of nitrogens with two attached hydrogens (primary N) is 2. The molecule has 4 atom stereocenters. The number of hydrogen-bond donors (Lipinski definition) is 7. The summed E-state index contributed by atoms with van der Waals surface area (Å²) in [6.07, 6.45) is 11.2. The standard InChI is InChI=1S/C57H61FN12O6S.2C3H8.2CH4O/c1-30-40(58)21-42-39(24-64-67-42)47(30)49-48(35-13-14-35)52-50-51(65-57(76-38-15-18-73-19-16-38)66-55(50)70-37-20-43(61-23-37)45(70)28-75-52)53(49)74-27-33-7-9-34(10-8-33)41(59)25-68(60)26-46(71)69-17-3-4-44(69)56(72)62-22-32-5-11-36(12-6-32)54-31(2)63-29-77-54;2*1-3-2;2*1-2/h5-12,21,24-25,29,35,37-38,43-45,61H,3-4,13-20,22-23,26-28,59-60H2,1-2H3,(H,62,72)(H,64,67);2*3H2,1-2H3;2*2H,1H3/b41-25-;;;;. The maximum absolute atomic E-state index is 16.2. The lowest BCUT2D eigenvalue weighted by Crippen LogP contribution is -2.53. The molecule has 22 heteroatoms. The number of anilines is 1. The van der Waals surface area contributed by atoms with Crippen LogP contribution in [0.4, 0.5) is 10.2 Å². The third-order valence-electron chi connectivity index (χ3n) is 16.3. The number of H-pyrrole nitrogens is 1. The number of amides is 2. The number of halogens is 1. The average Bonchev–Trinajstić information content (AvgIpc) is 1.68. The Labute approximate surface area is 512 Å². The number of aryl methyl sites for hydroxylation is 1. The minimum absolute atomic E-state index is 0.0365. The van der Waals surface area contributed by atoms with E-state index in [4.69, 9.17) is 50.7 Å². The molecule has 466 valence electrons. The Morgan fingerprint density at radius 2 is 1.67 bits per heavy atom. The number of aromatic amines is 1. The Morgan fingerprint density at radius 1 is 0.954 bits per heavy atom. The van der Waals surface area contributed by atoms with Gasteiger partial charge in [-0.2, -0.15) is 15.1 Å². The molecule has 6 aliphatic rings. The Balaban J connectivity index is 0.000000852. The van der Waals surface area contributed by atoms with Crippen LogP contribution in [-0.4, -0.2) is 141 Å². The van der Waals surface area contributed by atoms with Crippen molar-refractivity contribution in [2.24, 2.45) is 11.6 Å². The number of thiazole rings is 1. The van der Waals surface area contributed by atoms with Gasteiger partial charge in [0.05, 0.1) is 58.1 Å². The Kier molecular flexibility index (Phi) is 21.7. The zero-order chi connectivity index (χ0) is 61.9. The molecular formula is C65H85FN12O8S. The van der Waals surface area contributed by atoms with E-state index in [0.29, 0.717) is 97.8 Å². The Bertz CT molecular complexity index is 3500. The predicted octanol–water partition coefficient (Wildman–Crippen LogP) is 9.17. The van der Waals surface area contributed by atoms with Crippen LogP contribution in [0.3, 0.4) is 0 Å². The lowest BCUT2D eigenvalue weighted by atomic mass is 9.88. The topological polar surface area (TPSA) is 265 Å². The molecule has 7 aromatic rings. The van der Waals surface area contributed by atoms with E-state index < -0.39 is 6.04 Å². The highest BCUT2D eigenvalue weighted by molar-refractivity contribution is 7.13. The number of fused-ring (bicyclic) bond motifs is 7. The first-order valence-electron chi connectivity index (χ1n) is 30.5. The smallest absolute Gasteiger partial charge is 0.319 e. The van der Waals surface area contributed by atoms with Crippen LogP contribution >= 0.6 is 11.3 Å². The number of rotatable bonds is 15. The average molecular weight is 1210 g/mol. The summed E-state index contributed by atoms with van der Waals surface area (Å²) in [5, 5.41) is 30.9. The van der Waals surface area contributed by atoms with Gasteiger partial charge in [0.1, 0.15) is 54.8 Å². The quantitative estimate of drug-likeness (QED) is 0.0373. The van der Waals surface area contributed by atoms with Gasteiger partial charge in [0.2, 0.25) is 11.8 Å². The molecule has 13 rings (SSSR count). The van der Waals surface area contributed by atoms with Gasteiger partial charge < -0.3 is 60.3 Å². The van der Waals surface area contributed by atoms with Gasteiger partial charge in [-0.05, 0) is 85.8 Å². The highest BCUT2D eigenvalue weighted by atomic mass is 32.1. The minimum atomic E-state index is -0.593. The third kappa shape index (κ3) is 14.0. The van der Waals surface area contributed by atoms with Gasteiger partial charge >= 0.3 is 6.01 Å². The summed E-state index contributed by atoms with van der Waals surface area (Å²) in [5.74, 6) is 7.70. The molecule has 2 amide bonds. The number of aromatic nitrogens is 5. The number of hydrazine groups is 1. The molecule has 0 spiro atoms. The second-order valence-electron chi connectivity index (χ2n) is 22.7. The number of piperazine rings is 1. The summed E-state index contributed by atoms with van der Waals surface area (Å²) < 4.78 is 42.8. The van der Waals surface area contributed by atoms with E-state index in [1.54, 1.807) is 29.4 Å². The second-order valence-corrected chi connectivity index (χ2v) is 23.5. The zero-order valence-electron chi connectivity index (χ0n) is 51.3. The van der Waals surface area contributed by atoms with E-state index in [0.717, 1.165) is 101 Å². The van der Waals surface area contributed by atoms with Crippen LogP contribution in [0.25, 0.3) is 49.1 Å². The number of ether oxygens (including phenoxy) is 4. The first-order valence-corrected chi connectivity index (χ1v) is 31.3. The Morgan fingerprint density at radius 3 is 2.36 bits per heavy atom. The summed E-state index contributed by atoms with van der Waals surface area (Å²) in [5.41, 5.74) is 17.3. The van der Waals surface area contributed by atoms with E-state index in [9.17, 15) is 9.59 Å². The number of carbonyl (C=O) groups is 2. The molecule has 20 nitrogen and oxygen atoms in total. The molecule has 87 heavy (non-hydrogen) atoms. The number of nitrogens with zero attached hydrogens (tertiary/aromatic N) is 7. The molecule has 4 unspecified atom stereocenters. The highest BCUT2D eigenvalue weighted by Crippen LogP contribution is 2.59. The second kappa shape index (κ2) is 29.5. The molecule has 9 N–H and O–H groups in total. The molecule has 3 aromatic heterocycles. The van der Waals surface area contributed by atoms with Crippen molar-refractivity contribution in [3.05, 3.63) is 112 Å². The van der Waals surface area contributed by atoms with Crippen molar-refractivity contribution in [1.82, 2.24) is 45.7 Å². The highest BCUT2D eigenvalue weighted by Gasteiger charge is 2.50. The van der Waals surface area contributed by atoms with Crippen molar-refractivity contribution in [3.63, 3.8) is 0 Å². The maximum atomic E-state index is 16.2. The molecule has 5 fully saturated rings. The van der Waals surface area contributed by atoms with Crippen molar-refractivity contribution in [2.45, 2.75) is 149 Å². The zero-order valence-corrected chi connectivity index (χ0v) is 52.1. The molecule has 5 aliphatic heterocycles. The minimum Gasteiger partial charge on any atom is -0.490 e. The van der Waals surface area contributed by atoms with Crippen molar-refractivity contribution in [3.8, 4) is 39.1 Å². The van der Waals surface area contributed by atoms with E-state index in [-0.39, 0.29) is 66.9 Å². The van der Waals surface area contributed by atoms with Gasteiger partial charge in [0.25, 0.3) is 0 Å². The van der Waals surface area contributed by atoms with Crippen molar-refractivity contribution >= 4 is 56.5 Å². The van der Waals surface area contributed by atoms with Gasteiger partial charge in [-0.25, -0.2) is 15.2 Å². The molecule has 4 aromatic carbocycles. The van der Waals surface area contributed by atoms with Crippen LogP contribution in [-0.2, 0) is 27.5 Å². The number of carbonyl (C=O) groups excluding carboxylic acids is 2. The van der Waals surface area contributed by atoms with Crippen molar-refractivity contribution in [1.29, 1.82) is 0 Å². The van der Waals surface area contributed by atoms with Crippen LogP contribution in [0.1, 0.15) is 125 Å². The molecule has 8 heterocycles. The van der Waals surface area contributed by atoms with Crippen LogP contribution in [0.2, 0.25) is 0 Å². The number of hydrogen-bond acceptors (Lipinski definition) is 18. The van der Waals surface area contributed by atoms with Crippen LogP contribution in [0.15, 0.2) is 72.5 Å². The molecule has 0 radical (unpaired) electrons. The number of aliphatic hydroxyl groups is 2. The van der Waals surface area contributed by atoms with E-state index in [2.05, 4.69) is 58.4 Å². The van der Waals surface area contributed by atoms with E-state index in [1.165, 1.54) is 30.1 Å². The fourth-order valence-corrected chi connectivity index (χ4v) is 13.0. The van der Waals surface area contributed by atoms with Crippen LogP contribution in [0, 0.1) is 19.7 Å². The normalized spacial score (nSPS) is 19.2.